The second-order valence-corrected chi connectivity index (χ2v) is 8.79. The number of rotatable bonds is 10. The fourth-order valence-corrected chi connectivity index (χ4v) is 5.83. The van der Waals surface area contributed by atoms with Gasteiger partial charge in [-0.15, -0.1) is 0 Å². The molecule has 0 unspecified atom stereocenters. The highest BCUT2D eigenvalue weighted by Gasteiger charge is 2.33. The number of alkyl halides is 2. The van der Waals surface area contributed by atoms with Gasteiger partial charge in [-0.1, -0.05) is 0 Å². The quantitative estimate of drug-likeness (QED) is 0.447. The van der Waals surface area contributed by atoms with E-state index in [9.17, 15) is 35.7 Å². The summed E-state index contributed by atoms with van der Waals surface area (Å²) < 4.78 is 73.7. The Kier molecular flexibility index (Phi) is 7.02. The second kappa shape index (κ2) is 8.33. The van der Waals surface area contributed by atoms with Gasteiger partial charge in [0.25, 0.3) is 5.69 Å². The van der Waals surface area contributed by atoms with Gasteiger partial charge in [-0.25, -0.2) is 16.8 Å². The molecule has 1 aromatic carbocycles. The number of nitro benzene ring substituents is 1. The van der Waals surface area contributed by atoms with Crippen LogP contribution in [0.1, 0.15) is 12.8 Å². The molecule has 0 aliphatic rings. The Balaban J connectivity index is 3.35. The van der Waals surface area contributed by atoms with Crippen LogP contribution < -0.4 is 3.71 Å². The summed E-state index contributed by atoms with van der Waals surface area (Å²) in [6, 6.07) is 3.80. The molecule has 8 nitrogen and oxygen atoms in total. The van der Waals surface area contributed by atoms with E-state index in [2.05, 4.69) is 0 Å². The number of hydrogen-bond acceptors (Lipinski definition) is 6. The van der Waals surface area contributed by atoms with E-state index in [1.54, 1.807) is 0 Å². The number of nitrogens with zero attached hydrogens (tertiary/aromatic N) is 2. The topological polar surface area (TPSA) is 115 Å². The predicted octanol–water partition coefficient (Wildman–Crippen LogP) is 1.78. The number of anilines is 1. The van der Waals surface area contributed by atoms with E-state index in [0.29, 0.717) is 0 Å². The molecule has 0 saturated carbocycles. The molecule has 0 spiro atoms. The monoisotopic (exact) mass is 386 g/mol. The van der Waals surface area contributed by atoms with E-state index in [1.807, 2.05) is 0 Å². The molecule has 12 heteroatoms. The van der Waals surface area contributed by atoms with Gasteiger partial charge < -0.3 is 0 Å². The van der Waals surface area contributed by atoms with Gasteiger partial charge in [0.2, 0.25) is 20.0 Å². The van der Waals surface area contributed by atoms with Crippen LogP contribution in [0.4, 0.5) is 20.2 Å². The first-order valence-corrected chi connectivity index (χ1v) is 10.00. The number of nitro groups is 1. The first kappa shape index (κ1) is 20.2. The molecule has 0 saturated heterocycles. The van der Waals surface area contributed by atoms with E-state index in [1.165, 1.54) is 0 Å². The Morgan fingerprint density at radius 1 is 0.917 bits per heavy atom. The fraction of sp³-hybridized carbons (Fsp3) is 0.500. The van der Waals surface area contributed by atoms with Crippen LogP contribution >= 0.6 is 0 Å². The lowest BCUT2D eigenvalue weighted by Gasteiger charge is -2.23. The molecule has 0 amide bonds. The first-order chi connectivity index (χ1) is 11.2. The van der Waals surface area contributed by atoms with Crippen molar-refractivity contribution >= 4 is 31.4 Å². The third kappa shape index (κ3) is 5.09. The van der Waals surface area contributed by atoms with Gasteiger partial charge in [-0.05, 0) is 25.0 Å². The van der Waals surface area contributed by atoms with Gasteiger partial charge >= 0.3 is 0 Å². The molecule has 0 radical (unpaired) electrons. The van der Waals surface area contributed by atoms with Crippen molar-refractivity contribution in [3.8, 4) is 0 Å². The number of sulfonamides is 2. The Morgan fingerprint density at radius 3 is 1.67 bits per heavy atom. The molecule has 1 aromatic rings. The minimum Gasteiger partial charge on any atom is -0.258 e. The molecule has 0 atom stereocenters. The average Bonchev–Trinajstić information content (AvgIpc) is 2.51. The molecule has 24 heavy (non-hydrogen) atoms. The molecule has 0 aliphatic carbocycles. The minimum atomic E-state index is -4.45. The predicted molar refractivity (Wildman–Crippen MR) is 84.3 cm³/mol. The SMILES string of the molecule is O=[N+]([O-])c1ccc(N(S(=O)(=O)CCCF)S(=O)(=O)CCCF)cc1. The fourth-order valence-electron chi connectivity index (χ4n) is 1.83. The van der Waals surface area contributed by atoms with Crippen molar-refractivity contribution in [2.75, 3.05) is 28.6 Å². The van der Waals surface area contributed by atoms with Gasteiger partial charge in [0.1, 0.15) is 0 Å². The third-order valence-electron chi connectivity index (χ3n) is 2.85. The van der Waals surface area contributed by atoms with Crippen molar-refractivity contribution < 1.29 is 30.5 Å². The number of benzene rings is 1. The van der Waals surface area contributed by atoms with Crippen LogP contribution in [0.5, 0.6) is 0 Å². The van der Waals surface area contributed by atoms with Gasteiger partial charge in [-0.2, -0.15) is 3.71 Å². The summed E-state index contributed by atoms with van der Waals surface area (Å²) in [5.74, 6) is -1.54. The summed E-state index contributed by atoms with van der Waals surface area (Å²) in [6.07, 6.45) is -0.825. The largest absolute Gasteiger partial charge is 0.269 e. The van der Waals surface area contributed by atoms with Crippen molar-refractivity contribution in [2.45, 2.75) is 12.8 Å². The van der Waals surface area contributed by atoms with Crippen LogP contribution in [0.2, 0.25) is 0 Å². The molecule has 136 valence electrons. The summed E-state index contributed by atoms with van der Waals surface area (Å²) in [6.45, 7) is -1.92. The van der Waals surface area contributed by atoms with E-state index in [4.69, 9.17) is 0 Å². The van der Waals surface area contributed by atoms with Crippen LogP contribution in [0.3, 0.4) is 0 Å². The highest BCUT2D eigenvalue weighted by molar-refractivity contribution is 8.10. The van der Waals surface area contributed by atoms with E-state index in [0.717, 1.165) is 24.3 Å². The lowest BCUT2D eigenvalue weighted by atomic mass is 10.3. The normalized spacial score (nSPS) is 12.1. The molecule has 0 heterocycles. The molecule has 0 aliphatic heterocycles. The smallest absolute Gasteiger partial charge is 0.258 e. The number of non-ortho nitro benzene ring substituents is 1. The maximum Gasteiger partial charge on any atom is 0.269 e. The summed E-state index contributed by atoms with van der Waals surface area (Å²) in [5, 5.41) is 10.6. The number of hydrogen-bond donors (Lipinski definition) is 0. The van der Waals surface area contributed by atoms with Crippen molar-refractivity contribution in [1.29, 1.82) is 0 Å². The number of halogens is 2. The van der Waals surface area contributed by atoms with Gasteiger partial charge in [0.15, 0.2) is 0 Å². The van der Waals surface area contributed by atoms with Crippen LogP contribution in [-0.4, -0.2) is 46.6 Å². The zero-order valence-corrected chi connectivity index (χ0v) is 14.1. The maximum absolute atomic E-state index is 12.3. The average molecular weight is 386 g/mol. The molecular weight excluding hydrogens is 370 g/mol. The second-order valence-electron chi connectivity index (χ2n) is 4.69. The van der Waals surface area contributed by atoms with Crippen molar-refractivity contribution in [3.63, 3.8) is 0 Å². The summed E-state index contributed by atoms with van der Waals surface area (Å²) in [4.78, 5) is 9.90. The summed E-state index contributed by atoms with van der Waals surface area (Å²) >= 11 is 0. The molecule has 0 N–H and O–H groups in total. The van der Waals surface area contributed by atoms with E-state index < -0.39 is 62.7 Å². The lowest BCUT2D eigenvalue weighted by Crippen LogP contribution is -2.40. The van der Waals surface area contributed by atoms with Crippen LogP contribution in [0.15, 0.2) is 24.3 Å². The summed E-state index contributed by atoms with van der Waals surface area (Å²) in [5.41, 5.74) is -0.709. The standard InChI is InChI=1S/C12H16F2N2O6S2/c13-7-1-9-23(19,20)16(24(21,22)10-2-8-14)12-5-3-11(4-6-12)15(17)18/h3-6H,1-2,7-10H2. The van der Waals surface area contributed by atoms with Crippen molar-refractivity contribution in [2.24, 2.45) is 0 Å². The third-order valence-corrected chi connectivity index (χ3v) is 7.25. The van der Waals surface area contributed by atoms with Crippen LogP contribution in [0.25, 0.3) is 0 Å². The van der Waals surface area contributed by atoms with Crippen molar-refractivity contribution in [1.82, 2.24) is 0 Å². The molecule has 0 bridgehead atoms. The van der Waals surface area contributed by atoms with Gasteiger partial charge in [-0.3, -0.25) is 18.9 Å². The lowest BCUT2D eigenvalue weighted by molar-refractivity contribution is -0.384. The molecule has 0 fully saturated rings. The first-order valence-electron chi connectivity index (χ1n) is 6.78. The van der Waals surface area contributed by atoms with Gasteiger partial charge in [0.05, 0.1) is 35.5 Å². The molecular formula is C12H16F2N2O6S2. The zero-order valence-electron chi connectivity index (χ0n) is 12.5. The van der Waals surface area contributed by atoms with E-state index >= 15 is 0 Å². The Labute approximate surface area is 138 Å². The Morgan fingerprint density at radius 2 is 1.33 bits per heavy atom. The highest BCUT2D eigenvalue weighted by Crippen LogP contribution is 2.26. The van der Waals surface area contributed by atoms with Crippen LogP contribution in [0, 0.1) is 10.1 Å². The minimum absolute atomic E-state index is 0.0923. The van der Waals surface area contributed by atoms with Gasteiger partial charge in [0, 0.05) is 12.1 Å². The summed E-state index contributed by atoms with van der Waals surface area (Å²) in [7, 11) is -8.89. The van der Waals surface area contributed by atoms with Crippen molar-refractivity contribution in [3.05, 3.63) is 34.4 Å². The van der Waals surface area contributed by atoms with Crippen LogP contribution in [-0.2, 0) is 20.0 Å². The Hall–Kier alpha value is -1.82. The zero-order chi connectivity index (χ0) is 18.4. The molecule has 1 rings (SSSR count). The molecule has 0 aromatic heterocycles. The maximum atomic E-state index is 12.3. The highest BCUT2D eigenvalue weighted by atomic mass is 32.3. The Bertz CT molecular complexity index is 727. The van der Waals surface area contributed by atoms with E-state index in [-0.39, 0.29) is 15.1 Å².